The highest BCUT2D eigenvalue weighted by Crippen LogP contribution is 1.30. The van der Waals surface area contributed by atoms with Crippen LogP contribution >= 0.6 is 12.4 Å². The summed E-state index contributed by atoms with van der Waals surface area (Å²) >= 11 is 0. The topological polar surface area (TPSA) is 209 Å². The van der Waals surface area contributed by atoms with Gasteiger partial charge < -0.3 is 38.0 Å². The van der Waals surface area contributed by atoms with Crippen LogP contribution < -0.4 is 0 Å². The Hall–Kier alpha value is 0.542. The van der Waals surface area contributed by atoms with Gasteiger partial charge in [-0.3, -0.25) is 0 Å². The minimum atomic E-state index is 0. The number of hydrogen-bond acceptors (Lipinski definition) is 1. The first-order chi connectivity index (χ1) is 1.41. The standard InChI is InChI=1S/C2H6O.Al.ClH.6H2O.3H/c1-2-3;;;;;;;;;;;/h3H,2H2,1H3;;1H;6*1H2;;;. The molecule has 0 atom stereocenters. The summed E-state index contributed by atoms with van der Waals surface area (Å²) in [4.78, 5) is 0. The molecule has 82 valence electrons. The van der Waals surface area contributed by atoms with Crippen LogP contribution in [0.15, 0.2) is 0 Å². The first-order valence-corrected chi connectivity index (χ1v) is 1.02. The fraction of sp³-hybridized carbons (Fsp3) is 1.00. The maximum atomic E-state index is 7.57. The van der Waals surface area contributed by atoms with Crippen LogP contribution in [0, 0.1) is 0 Å². The predicted molar refractivity (Wildman–Crippen MR) is 51.6 cm³/mol. The summed E-state index contributed by atoms with van der Waals surface area (Å²) in [6.45, 7) is 1.93. The summed E-state index contributed by atoms with van der Waals surface area (Å²) < 4.78 is 0. The lowest BCUT2D eigenvalue weighted by molar-refractivity contribution is 0.318. The third kappa shape index (κ3) is 2610. The molecule has 0 saturated heterocycles. The van der Waals surface area contributed by atoms with E-state index >= 15 is 0 Å². The quantitative estimate of drug-likeness (QED) is 0.389. The molecule has 0 fully saturated rings. The summed E-state index contributed by atoms with van der Waals surface area (Å²) in [6, 6.07) is 0. The second-order valence-electron chi connectivity index (χ2n) is 0.316. The van der Waals surface area contributed by atoms with E-state index in [2.05, 4.69) is 0 Å². The van der Waals surface area contributed by atoms with E-state index < -0.39 is 0 Å². The van der Waals surface area contributed by atoms with Crippen molar-refractivity contribution in [1.29, 1.82) is 0 Å². The zero-order valence-corrected chi connectivity index (χ0v) is 6.38. The molecule has 0 aliphatic heterocycles. The van der Waals surface area contributed by atoms with E-state index in [1.165, 1.54) is 0 Å². The molecule has 0 aliphatic carbocycles. The summed E-state index contributed by atoms with van der Waals surface area (Å²) in [5, 5.41) is 7.57. The molecule has 0 amide bonds. The maximum Gasteiger partial charge on any atom is 0.187 e. The normalized spacial score (nSPS) is 1.64. The minimum Gasteiger partial charge on any atom is -0.412 e. The first-order valence-electron chi connectivity index (χ1n) is 1.02. The Morgan fingerprint density at radius 1 is 0.818 bits per heavy atom. The van der Waals surface area contributed by atoms with Crippen LogP contribution in [-0.2, 0) is 0 Å². The molecule has 0 bridgehead atoms. The van der Waals surface area contributed by atoms with Crippen LogP contribution in [0.2, 0.25) is 0 Å². The van der Waals surface area contributed by atoms with Crippen molar-refractivity contribution in [2.45, 2.75) is 6.92 Å². The molecule has 0 aromatic heterocycles. The molecule has 0 aromatic rings. The van der Waals surface area contributed by atoms with Crippen molar-refractivity contribution in [1.82, 2.24) is 0 Å². The van der Waals surface area contributed by atoms with Gasteiger partial charge >= 0.3 is 0 Å². The summed E-state index contributed by atoms with van der Waals surface area (Å²) in [6.07, 6.45) is 0. The van der Waals surface area contributed by atoms with Crippen LogP contribution in [-0.4, -0.2) is 61.9 Å². The van der Waals surface area contributed by atoms with Crippen molar-refractivity contribution in [3.8, 4) is 0 Å². The smallest absolute Gasteiger partial charge is 0.187 e. The summed E-state index contributed by atoms with van der Waals surface area (Å²) in [7, 11) is 0. The molecular formula is C2H22AlClO7. The number of halogens is 1. The van der Waals surface area contributed by atoms with E-state index in [9.17, 15) is 0 Å². The van der Waals surface area contributed by atoms with Crippen molar-refractivity contribution in [3.63, 3.8) is 0 Å². The highest BCUT2D eigenvalue weighted by Gasteiger charge is 1.34. The van der Waals surface area contributed by atoms with Gasteiger partial charge in [0.1, 0.15) is 0 Å². The van der Waals surface area contributed by atoms with Gasteiger partial charge in [0, 0.05) is 6.61 Å². The predicted octanol–water partition coefficient (Wildman–Crippen LogP) is -5.71. The second-order valence-corrected chi connectivity index (χ2v) is 0.316. The molecule has 0 heterocycles. The third-order valence-corrected chi connectivity index (χ3v) is 0. The van der Waals surface area contributed by atoms with Gasteiger partial charge in [-0.25, -0.2) is 0 Å². The van der Waals surface area contributed by atoms with Crippen molar-refractivity contribution in [2.24, 2.45) is 0 Å². The van der Waals surface area contributed by atoms with Gasteiger partial charge in [0.15, 0.2) is 17.4 Å². The SMILES string of the molecule is CCO.Cl.O.O.O.O.O.O.[AlH3]. The molecule has 0 radical (unpaired) electrons. The zero-order chi connectivity index (χ0) is 2.71. The number of aliphatic hydroxyl groups excluding tert-OH is 1. The van der Waals surface area contributed by atoms with Crippen molar-refractivity contribution in [2.75, 3.05) is 6.61 Å². The van der Waals surface area contributed by atoms with Gasteiger partial charge in [-0.2, -0.15) is 0 Å². The average molecular weight is 221 g/mol. The average Bonchev–Trinajstić information content (AvgIpc) is 0.918. The highest BCUT2D eigenvalue weighted by molar-refractivity contribution is 5.85. The van der Waals surface area contributed by atoms with Gasteiger partial charge in [0.05, 0.1) is 0 Å². The molecule has 0 spiro atoms. The molecule has 0 unspecified atom stereocenters. The van der Waals surface area contributed by atoms with Crippen LogP contribution in [0.25, 0.3) is 0 Å². The third-order valence-electron chi connectivity index (χ3n) is 0. The molecule has 13 N–H and O–H groups in total. The maximum absolute atomic E-state index is 7.57. The van der Waals surface area contributed by atoms with Crippen molar-refractivity contribution >= 4 is 29.8 Å². The Bertz CT molecular complexity index is 16.4. The van der Waals surface area contributed by atoms with E-state index in [0.717, 1.165) is 0 Å². The first kappa shape index (κ1) is 198. The molecular weight excluding hydrogens is 198 g/mol. The lowest BCUT2D eigenvalue weighted by Crippen LogP contribution is -1.57. The molecule has 9 heteroatoms. The van der Waals surface area contributed by atoms with Gasteiger partial charge in [-0.15, -0.1) is 12.4 Å². The minimum absolute atomic E-state index is 0. The van der Waals surface area contributed by atoms with Crippen molar-refractivity contribution in [3.05, 3.63) is 0 Å². The Labute approximate surface area is 81.8 Å². The van der Waals surface area contributed by atoms with E-state index in [4.69, 9.17) is 5.11 Å². The fourth-order valence-electron chi connectivity index (χ4n) is 0. The molecule has 0 rings (SSSR count). The molecule has 7 nitrogen and oxygen atoms in total. The van der Waals surface area contributed by atoms with Crippen LogP contribution in [0.1, 0.15) is 6.92 Å². The Balaban J connectivity index is -0.000000000714. The Morgan fingerprint density at radius 3 is 0.818 bits per heavy atom. The van der Waals surface area contributed by atoms with Gasteiger partial charge in [-0.1, -0.05) is 0 Å². The van der Waals surface area contributed by atoms with Gasteiger partial charge in [-0.05, 0) is 6.92 Å². The van der Waals surface area contributed by atoms with Crippen molar-refractivity contribution < 1.29 is 38.0 Å². The highest BCUT2D eigenvalue weighted by atomic mass is 35.5. The van der Waals surface area contributed by atoms with Gasteiger partial charge in [0.25, 0.3) is 0 Å². The zero-order valence-electron chi connectivity index (χ0n) is 5.56. The Morgan fingerprint density at radius 2 is 0.818 bits per heavy atom. The van der Waals surface area contributed by atoms with Crippen LogP contribution in [0.4, 0.5) is 0 Å². The van der Waals surface area contributed by atoms with Crippen LogP contribution in [0.3, 0.4) is 0 Å². The molecule has 11 heavy (non-hydrogen) atoms. The fourth-order valence-corrected chi connectivity index (χ4v) is 0. The number of hydrogen-bond donors (Lipinski definition) is 1. The molecule has 0 aliphatic rings. The van der Waals surface area contributed by atoms with E-state index in [1.807, 2.05) is 0 Å². The largest absolute Gasteiger partial charge is 0.412 e. The summed E-state index contributed by atoms with van der Waals surface area (Å²) in [5.41, 5.74) is 0. The van der Waals surface area contributed by atoms with E-state index in [-0.39, 0.29) is 69.2 Å². The summed E-state index contributed by atoms with van der Waals surface area (Å²) in [5.74, 6) is 0. The van der Waals surface area contributed by atoms with Gasteiger partial charge in [0.2, 0.25) is 0 Å². The molecule has 0 aromatic carbocycles. The number of rotatable bonds is 0. The van der Waals surface area contributed by atoms with E-state index in [0.29, 0.717) is 0 Å². The second kappa shape index (κ2) is 403. The van der Waals surface area contributed by atoms with E-state index in [1.54, 1.807) is 6.92 Å². The Kier molecular flexibility index (Phi) is 7280. The lowest BCUT2D eigenvalue weighted by Gasteiger charge is -1.52. The number of aliphatic hydroxyl groups is 1. The molecule has 0 saturated carbocycles. The lowest BCUT2D eigenvalue weighted by atomic mass is 10.9. The van der Waals surface area contributed by atoms with Crippen LogP contribution in [0.5, 0.6) is 0 Å². The monoisotopic (exact) mass is 220 g/mol.